The third kappa shape index (κ3) is 1.80. The van der Waals surface area contributed by atoms with E-state index in [2.05, 4.69) is 25.8 Å². The Morgan fingerprint density at radius 1 is 1.50 bits per heavy atom. The molecule has 12 heavy (non-hydrogen) atoms. The van der Waals surface area contributed by atoms with Gasteiger partial charge in [0, 0.05) is 12.1 Å². The first-order valence-electron chi connectivity index (χ1n) is 5.06. The maximum Gasteiger partial charge on any atom is 0.0328 e. The molecule has 72 valence electrons. The smallest absolute Gasteiger partial charge is 0.0328 e. The highest BCUT2D eigenvalue weighted by molar-refractivity contribution is 4.99. The number of likely N-dealkylation sites (N-methyl/N-ethyl adjacent to an activating group) is 1. The Bertz CT molecular complexity index is 143. The predicted molar refractivity (Wildman–Crippen MR) is 53.1 cm³/mol. The Balaban J connectivity index is 2.51. The van der Waals surface area contributed by atoms with Crippen LogP contribution in [-0.2, 0) is 0 Å². The van der Waals surface area contributed by atoms with Gasteiger partial charge < -0.3 is 5.73 Å². The second kappa shape index (κ2) is 3.75. The van der Waals surface area contributed by atoms with Crippen molar-refractivity contribution < 1.29 is 0 Å². The van der Waals surface area contributed by atoms with E-state index >= 15 is 0 Å². The number of nitrogens with zero attached hydrogens (tertiary/aromatic N) is 1. The van der Waals surface area contributed by atoms with Gasteiger partial charge in [0.2, 0.25) is 0 Å². The zero-order valence-corrected chi connectivity index (χ0v) is 8.64. The third-order valence-electron chi connectivity index (χ3n) is 3.30. The molecule has 0 saturated heterocycles. The summed E-state index contributed by atoms with van der Waals surface area (Å²) in [4.78, 5) is 2.44. The summed E-state index contributed by atoms with van der Waals surface area (Å²) in [6, 6.07) is 0. The summed E-state index contributed by atoms with van der Waals surface area (Å²) in [5.41, 5.74) is 6.11. The molecule has 2 heteroatoms. The molecule has 2 nitrogen and oxygen atoms in total. The first-order valence-corrected chi connectivity index (χ1v) is 5.06. The van der Waals surface area contributed by atoms with Crippen LogP contribution in [0.2, 0.25) is 0 Å². The molecule has 1 unspecified atom stereocenters. The Morgan fingerprint density at radius 2 is 2.08 bits per heavy atom. The summed E-state index contributed by atoms with van der Waals surface area (Å²) in [6.45, 7) is 6.50. The molecule has 0 heterocycles. The van der Waals surface area contributed by atoms with Crippen LogP contribution < -0.4 is 5.73 Å². The van der Waals surface area contributed by atoms with Gasteiger partial charge in [0.1, 0.15) is 0 Å². The van der Waals surface area contributed by atoms with Crippen LogP contribution in [0.4, 0.5) is 0 Å². The van der Waals surface area contributed by atoms with Crippen LogP contribution in [0.15, 0.2) is 0 Å². The van der Waals surface area contributed by atoms with Gasteiger partial charge in [-0.2, -0.15) is 0 Å². The minimum atomic E-state index is 0.274. The van der Waals surface area contributed by atoms with Crippen LogP contribution in [-0.4, -0.2) is 30.6 Å². The number of nitrogens with two attached hydrogens (primary N) is 1. The van der Waals surface area contributed by atoms with Gasteiger partial charge in [-0.3, -0.25) is 4.90 Å². The van der Waals surface area contributed by atoms with E-state index in [0.717, 1.165) is 12.5 Å². The first kappa shape index (κ1) is 10.0. The summed E-state index contributed by atoms with van der Waals surface area (Å²) >= 11 is 0. The Morgan fingerprint density at radius 3 is 2.42 bits per heavy atom. The zero-order chi connectivity index (χ0) is 9.19. The maximum atomic E-state index is 5.84. The van der Waals surface area contributed by atoms with E-state index < -0.39 is 0 Å². The van der Waals surface area contributed by atoms with Crippen molar-refractivity contribution in [2.75, 3.05) is 20.1 Å². The molecule has 1 aliphatic rings. The Hall–Kier alpha value is -0.0800. The molecule has 1 fully saturated rings. The van der Waals surface area contributed by atoms with Crippen molar-refractivity contribution >= 4 is 0 Å². The molecule has 0 amide bonds. The van der Waals surface area contributed by atoms with Crippen molar-refractivity contribution in [1.82, 2.24) is 4.90 Å². The lowest BCUT2D eigenvalue weighted by Gasteiger charge is -2.38. The molecule has 0 radical (unpaired) electrons. The summed E-state index contributed by atoms with van der Waals surface area (Å²) in [7, 11) is 2.20. The molecule has 2 N–H and O–H groups in total. The predicted octanol–water partition coefficient (Wildman–Crippen LogP) is 1.46. The fourth-order valence-electron chi connectivity index (χ4n) is 1.93. The van der Waals surface area contributed by atoms with Gasteiger partial charge in [0.05, 0.1) is 0 Å². The molecule has 0 bridgehead atoms. The lowest BCUT2D eigenvalue weighted by atomic mass is 9.94. The normalized spacial score (nSPS) is 22.8. The van der Waals surface area contributed by atoms with Gasteiger partial charge in [0.25, 0.3) is 0 Å². The van der Waals surface area contributed by atoms with Gasteiger partial charge in [-0.15, -0.1) is 0 Å². The van der Waals surface area contributed by atoms with E-state index in [0.29, 0.717) is 0 Å². The number of hydrogen-bond donors (Lipinski definition) is 1. The van der Waals surface area contributed by atoms with Crippen LogP contribution in [0, 0.1) is 5.92 Å². The Labute approximate surface area is 76.1 Å². The van der Waals surface area contributed by atoms with Crippen LogP contribution in [0.25, 0.3) is 0 Å². The first-order chi connectivity index (χ1) is 5.65. The van der Waals surface area contributed by atoms with Gasteiger partial charge in [0.15, 0.2) is 0 Å². The van der Waals surface area contributed by atoms with E-state index in [9.17, 15) is 0 Å². The summed E-state index contributed by atoms with van der Waals surface area (Å²) in [5, 5.41) is 0. The van der Waals surface area contributed by atoms with Gasteiger partial charge in [-0.1, -0.05) is 6.92 Å². The topological polar surface area (TPSA) is 29.3 Å². The highest BCUT2D eigenvalue weighted by Crippen LogP contribution is 2.41. The van der Waals surface area contributed by atoms with Crippen molar-refractivity contribution in [1.29, 1.82) is 0 Å². The molecule has 0 aliphatic heterocycles. The monoisotopic (exact) mass is 170 g/mol. The fraction of sp³-hybridized carbons (Fsp3) is 1.00. The summed E-state index contributed by atoms with van der Waals surface area (Å²) in [6.07, 6.45) is 3.97. The highest BCUT2D eigenvalue weighted by Gasteiger charge is 2.42. The van der Waals surface area contributed by atoms with Crippen LogP contribution in [0.1, 0.15) is 33.1 Å². The fourth-order valence-corrected chi connectivity index (χ4v) is 1.93. The van der Waals surface area contributed by atoms with Crippen molar-refractivity contribution in [3.05, 3.63) is 0 Å². The van der Waals surface area contributed by atoms with Crippen molar-refractivity contribution in [3.63, 3.8) is 0 Å². The SMILES string of the molecule is CCCN(C)C(C)(CN)C1CC1. The van der Waals surface area contributed by atoms with E-state index in [1.54, 1.807) is 0 Å². The largest absolute Gasteiger partial charge is 0.329 e. The van der Waals surface area contributed by atoms with Gasteiger partial charge in [-0.25, -0.2) is 0 Å². The van der Waals surface area contributed by atoms with E-state index in [-0.39, 0.29) is 5.54 Å². The summed E-state index contributed by atoms with van der Waals surface area (Å²) in [5.74, 6) is 0.860. The molecular formula is C10H22N2. The second-order valence-electron chi connectivity index (χ2n) is 4.26. The van der Waals surface area contributed by atoms with E-state index in [1.165, 1.54) is 25.8 Å². The minimum absolute atomic E-state index is 0.274. The molecule has 1 saturated carbocycles. The second-order valence-corrected chi connectivity index (χ2v) is 4.26. The number of hydrogen-bond acceptors (Lipinski definition) is 2. The zero-order valence-electron chi connectivity index (χ0n) is 8.64. The molecular weight excluding hydrogens is 148 g/mol. The van der Waals surface area contributed by atoms with Gasteiger partial charge >= 0.3 is 0 Å². The standard InChI is InChI=1S/C10H22N2/c1-4-7-12(3)10(2,8-11)9-5-6-9/h9H,4-8,11H2,1-3H3. The summed E-state index contributed by atoms with van der Waals surface area (Å²) < 4.78 is 0. The van der Waals surface area contributed by atoms with Crippen molar-refractivity contribution in [3.8, 4) is 0 Å². The molecule has 1 rings (SSSR count). The van der Waals surface area contributed by atoms with Crippen LogP contribution in [0.3, 0.4) is 0 Å². The van der Waals surface area contributed by atoms with Crippen molar-refractivity contribution in [2.24, 2.45) is 11.7 Å². The van der Waals surface area contributed by atoms with Crippen molar-refractivity contribution in [2.45, 2.75) is 38.6 Å². The molecule has 0 spiro atoms. The molecule has 0 aromatic heterocycles. The van der Waals surface area contributed by atoms with E-state index in [1.807, 2.05) is 0 Å². The average molecular weight is 170 g/mol. The average Bonchev–Trinajstić information content (AvgIpc) is 2.86. The Kier molecular flexibility index (Phi) is 3.13. The molecule has 0 aromatic carbocycles. The molecule has 1 aliphatic carbocycles. The quantitative estimate of drug-likeness (QED) is 0.677. The van der Waals surface area contributed by atoms with Crippen LogP contribution >= 0.6 is 0 Å². The van der Waals surface area contributed by atoms with E-state index in [4.69, 9.17) is 5.73 Å². The molecule has 0 aromatic rings. The third-order valence-corrected chi connectivity index (χ3v) is 3.30. The van der Waals surface area contributed by atoms with Crippen LogP contribution in [0.5, 0.6) is 0 Å². The molecule has 1 atom stereocenters. The lowest BCUT2D eigenvalue weighted by molar-refractivity contribution is 0.121. The maximum absolute atomic E-state index is 5.84. The highest BCUT2D eigenvalue weighted by atomic mass is 15.2. The lowest BCUT2D eigenvalue weighted by Crippen LogP contribution is -2.51. The number of rotatable bonds is 5. The van der Waals surface area contributed by atoms with Gasteiger partial charge in [-0.05, 0) is 45.7 Å². The minimum Gasteiger partial charge on any atom is -0.329 e.